The van der Waals surface area contributed by atoms with Crippen molar-refractivity contribution >= 4 is 0 Å². The molecule has 0 radical (unpaired) electrons. The van der Waals surface area contributed by atoms with E-state index in [9.17, 15) is 0 Å². The molecule has 0 aromatic heterocycles. The summed E-state index contributed by atoms with van der Waals surface area (Å²) in [7, 11) is 6.00. The van der Waals surface area contributed by atoms with Crippen molar-refractivity contribution in [3.63, 3.8) is 0 Å². The van der Waals surface area contributed by atoms with Crippen molar-refractivity contribution in [1.29, 1.82) is 0 Å². The van der Waals surface area contributed by atoms with Gasteiger partial charge in [0.15, 0.2) is 0 Å². The van der Waals surface area contributed by atoms with Crippen LogP contribution in [0, 0.1) is 0 Å². The highest BCUT2D eigenvalue weighted by atomic mass is 16.5. The molecule has 1 saturated carbocycles. The van der Waals surface area contributed by atoms with Crippen molar-refractivity contribution in [2.45, 2.75) is 44.2 Å². The predicted molar refractivity (Wildman–Crippen MR) is 84.5 cm³/mol. The molecule has 0 spiro atoms. The van der Waals surface area contributed by atoms with Crippen LogP contribution in [0.3, 0.4) is 0 Å². The molecule has 0 amide bonds. The molecule has 1 N–H and O–H groups in total. The van der Waals surface area contributed by atoms with E-state index in [2.05, 4.69) is 49.4 Å². The number of hydrogen-bond donors (Lipinski definition) is 1. The Labute approximate surface area is 123 Å². The molecule has 1 aliphatic carbocycles. The van der Waals surface area contributed by atoms with Crippen LogP contribution in [0.15, 0.2) is 24.3 Å². The van der Waals surface area contributed by atoms with E-state index in [1.807, 2.05) is 6.07 Å². The highest BCUT2D eigenvalue weighted by Gasteiger charge is 2.30. The third kappa shape index (κ3) is 4.22. The average molecular weight is 276 g/mol. The molecule has 2 rings (SSSR count). The van der Waals surface area contributed by atoms with E-state index in [0.29, 0.717) is 18.0 Å². The van der Waals surface area contributed by atoms with E-state index in [-0.39, 0.29) is 0 Å². The number of ether oxygens (including phenoxy) is 1. The summed E-state index contributed by atoms with van der Waals surface area (Å²) < 4.78 is 5.30. The third-order valence-corrected chi connectivity index (χ3v) is 4.23. The van der Waals surface area contributed by atoms with Crippen LogP contribution in [-0.4, -0.2) is 44.7 Å². The van der Waals surface area contributed by atoms with Crippen molar-refractivity contribution in [2.75, 3.05) is 27.7 Å². The molecule has 0 saturated heterocycles. The summed E-state index contributed by atoms with van der Waals surface area (Å²) in [5, 5.41) is 3.74. The molecule has 1 aliphatic rings. The van der Waals surface area contributed by atoms with Crippen LogP contribution in [0.25, 0.3) is 0 Å². The Morgan fingerprint density at radius 3 is 2.75 bits per heavy atom. The minimum Gasteiger partial charge on any atom is -0.497 e. The summed E-state index contributed by atoms with van der Waals surface area (Å²) in [6, 6.07) is 9.79. The van der Waals surface area contributed by atoms with Crippen molar-refractivity contribution in [3.8, 4) is 5.75 Å². The minimum atomic E-state index is 0.605. The van der Waals surface area contributed by atoms with Crippen molar-refractivity contribution in [1.82, 2.24) is 10.2 Å². The molecule has 0 heterocycles. The molecular weight excluding hydrogens is 248 g/mol. The summed E-state index contributed by atoms with van der Waals surface area (Å²) in [5.41, 5.74) is 1.42. The van der Waals surface area contributed by atoms with Gasteiger partial charge in [-0.15, -0.1) is 0 Å². The van der Waals surface area contributed by atoms with Gasteiger partial charge in [0.05, 0.1) is 7.11 Å². The van der Waals surface area contributed by atoms with Gasteiger partial charge in [0.1, 0.15) is 5.75 Å². The fourth-order valence-corrected chi connectivity index (χ4v) is 2.86. The van der Waals surface area contributed by atoms with Crippen LogP contribution in [0.2, 0.25) is 0 Å². The van der Waals surface area contributed by atoms with Gasteiger partial charge in [-0.05, 0) is 70.4 Å². The Bertz CT molecular complexity index is 413. The highest BCUT2D eigenvalue weighted by Crippen LogP contribution is 2.38. The second-order valence-electron chi connectivity index (χ2n) is 6.30. The lowest BCUT2D eigenvalue weighted by Gasteiger charge is -2.38. The number of hydrogen-bond acceptors (Lipinski definition) is 3. The van der Waals surface area contributed by atoms with Gasteiger partial charge < -0.3 is 15.0 Å². The molecule has 3 heteroatoms. The number of benzene rings is 1. The van der Waals surface area contributed by atoms with Crippen molar-refractivity contribution < 1.29 is 4.74 Å². The molecule has 112 valence electrons. The van der Waals surface area contributed by atoms with E-state index >= 15 is 0 Å². The highest BCUT2D eigenvalue weighted by molar-refractivity contribution is 5.32. The van der Waals surface area contributed by atoms with E-state index in [1.54, 1.807) is 7.11 Å². The maximum absolute atomic E-state index is 5.30. The zero-order chi connectivity index (χ0) is 14.5. The molecule has 1 fully saturated rings. The van der Waals surface area contributed by atoms with Gasteiger partial charge in [-0.3, -0.25) is 0 Å². The van der Waals surface area contributed by atoms with Crippen LogP contribution in [-0.2, 0) is 0 Å². The number of methoxy groups -OCH3 is 1. The maximum Gasteiger partial charge on any atom is 0.119 e. The van der Waals surface area contributed by atoms with Gasteiger partial charge >= 0.3 is 0 Å². The Hall–Kier alpha value is -1.06. The van der Waals surface area contributed by atoms with E-state index in [4.69, 9.17) is 4.74 Å². The summed E-state index contributed by atoms with van der Waals surface area (Å²) in [4.78, 5) is 2.25. The van der Waals surface area contributed by atoms with Gasteiger partial charge in [0, 0.05) is 12.1 Å². The van der Waals surface area contributed by atoms with Gasteiger partial charge in [-0.1, -0.05) is 12.1 Å². The first-order valence-electron chi connectivity index (χ1n) is 7.63. The summed E-state index contributed by atoms with van der Waals surface area (Å²) in [5.74, 6) is 1.67. The molecular formula is C17H28N2O. The number of nitrogens with zero attached hydrogens (tertiary/aromatic N) is 1. The predicted octanol–water partition coefficient (Wildman–Crippen LogP) is 2.87. The SMILES string of the molecule is COc1cccc(C2CC(NC(C)CCN(C)C)C2)c1. The maximum atomic E-state index is 5.30. The van der Waals surface area contributed by atoms with Crippen LogP contribution in [0.5, 0.6) is 5.75 Å². The first-order chi connectivity index (χ1) is 9.58. The van der Waals surface area contributed by atoms with Gasteiger partial charge in [-0.2, -0.15) is 0 Å². The second-order valence-corrected chi connectivity index (χ2v) is 6.30. The van der Waals surface area contributed by atoms with E-state index < -0.39 is 0 Å². The molecule has 1 aromatic carbocycles. The first-order valence-corrected chi connectivity index (χ1v) is 7.63. The molecule has 1 atom stereocenters. The topological polar surface area (TPSA) is 24.5 Å². The van der Waals surface area contributed by atoms with Crippen LogP contribution in [0.4, 0.5) is 0 Å². The van der Waals surface area contributed by atoms with E-state index in [1.165, 1.54) is 24.8 Å². The summed E-state index contributed by atoms with van der Waals surface area (Å²) in [6.45, 7) is 3.45. The quantitative estimate of drug-likeness (QED) is 0.829. The smallest absolute Gasteiger partial charge is 0.119 e. The summed E-state index contributed by atoms with van der Waals surface area (Å²) >= 11 is 0. The third-order valence-electron chi connectivity index (χ3n) is 4.23. The Morgan fingerprint density at radius 1 is 1.35 bits per heavy atom. The monoisotopic (exact) mass is 276 g/mol. The summed E-state index contributed by atoms with van der Waals surface area (Å²) in [6.07, 6.45) is 3.71. The van der Waals surface area contributed by atoms with Crippen LogP contribution < -0.4 is 10.1 Å². The Morgan fingerprint density at radius 2 is 2.10 bits per heavy atom. The molecule has 1 unspecified atom stereocenters. The van der Waals surface area contributed by atoms with Crippen LogP contribution >= 0.6 is 0 Å². The largest absolute Gasteiger partial charge is 0.497 e. The van der Waals surface area contributed by atoms with Gasteiger partial charge in [0.2, 0.25) is 0 Å². The zero-order valence-electron chi connectivity index (χ0n) is 13.2. The lowest BCUT2D eigenvalue weighted by Crippen LogP contribution is -2.45. The van der Waals surface area contributed by atoms with Gasteiger partial charge in [-0.25, -0.2) is 0 Å². The fourth-order valence-electron chi connectivity index (χ4n) is 2.86. The van der Waals surface area contributed by atoms with Crippen LogP contribution in [0.1, 0.15) is 37.7 Å². The minimum absolute atomic E-state index is 0.605. The second kappa shape index (κ2) is 7.09. The number of nitrogens with one attached hydrogen (secondary N) is 1. The Kier molecular flexibility index (Phi) is 5.44. The van der Waals surface area contributed by atoms with Gasteiger partial charge in [0.25, 0.3) is 0 Å². The Balaban J connectivity index is 1.74. The first kappa shape index (κ1) is 15.3. The van der Waals surface area contributed by atoms with Crippen molar-refractivity contribution in [2.24, 2.45) is 0 Å². The van der Waals surface area contributed by atoms with E-state index in [0.717, 1.165) is 12.3 Å². The molecule has 20 heavy (non-hydrogen) atoms. The molecule has 0 aliphatic heterocycles. The zero-order valence-corrected chi connectivity index (χ0v) is 13.2. The average Bonchev–Trinajstić information content (AvgIpc) is 2.40. The molecule has 0 bridgehead atoms. The lowest BCUT2D eigenvalue weighted by atomic mass is 9.75. The number of rotatable bonds is 7. The fraction of sp³-hybridized carbons (Fsp3) is 0.647. The lowest BCUT2D eigenvalue weighted by molar-refractivity contribution is 0.255. The molecule has 3 nitrogen and oxygen atoms in total. The molecule has 1 aromatic rings. The normalized spacial score (nSPS) is 23.4. The standard InChI is InChI=1S/C17H28N2O/c1-13(8-9-19(2)3)18-16-10-15(11-16)14-6-5-7-17(12-14)20-4/h5-7,12-13,15-16,18H,8-11H2,1-4H3. The van der Waals surface area contributed by atoms with Crippen molar-refractivity contribution in [3.05, 3.63) is 29.8 Å².